The molecule has 0 atom stereocenters. The lowest BCUT2D eigenvalue weighted by atomic mass is 10.2. The van der Waals surface area contributed by atoms with E-state index in [1.165, 1.54) is 23.9 Å². The van der Waals surface area contributed by atoms with E-state index < -0.39 is 9.84 Å². The SMILES string of the molecule is Cn1c(-c2ccccc2)cnc1SCCS(=O)(=O)c1ccc(Cl)cc1. The first-order valence-electron chi connectivity index (χ1n) is 7.65. The number of nitrogens with zero attached hydrogens (tertiary/aromatic N) is 2. The Bertz CT molecular complexity index is 953. The first-order chi connectivity index (χ1) is 12.0. The molecule has 0 fully saturated rings. The van der Waals surface area contributed by atoms with Gasteiger partial charge in [-0.2, -0.15) is 0 Å². The number of hydrogen-bond donors (Lipinski definition) is 0. The quantitative estimate of drug-likeness (QED) is 0.586. The largest absolute Gasteiger partial charge is 0.322 e. The molecular formula is C18H17ClN2O2S2. The summed E-state index contributed by atoms with van der Waals surface area (Å²) in [5, 5.41) is 1.32. The number of rotatable bonds is 6. The average Bonchev–Trinajstić information content (AvgIpc) is 2.97. The molecule has 25 heavy (non-hydrogen) atoms. The molecule has 0 spiro atoms. The van der Waals surface area contributed by atoms with Gasteiger partial charge in [0.05, 0.1) is 22.5 Å². The van der Waals surface area contributed by atoms with E-state index in [9.17, 15) is 8.42 Å². The Labute approximate surface area is 156 Å². The van der Waals surface area contributed by atoms with E-state index in [4.69, 9.17) is 11.6 Å². The van der Waals surface area contributed by atoms with E-state index in [0.29, 0.717) is 15.7 Å². The molecule has 0 N–H and O–H groups in total. The monoisotopic (exact) mass is 392 g/mol. The second kappa shape index (κ2) is 7.64. The van der Waals surface area contributed by atoms with Gasteiger partial charge in [0.15, 0.2) is 15.0 Å². The Balaban J connectivity index is 1.67. The smallest absolute Gasteiger partial charge is 0.179 e. The van der Waals surface area contributed by atoms with Crippen LogP contribution in [0.3, 0.4) is 0 Å². The molecule has 1 heterocycles. The molecule has 0 radical (unpaired) electrons. The molecule has 3 aromatic rings. The molecule has 0 aliphatic carbocycles. The minimum Gasteiger partial charge on any atom is -0.322 e. The van der Waals surface area contributed by atoms with Crippen molar-refractivity contribution < 1.29 is 8.42 Å². The number of halogens is 1. The Morgan fingerprint density at radius 3 is 2.44 bits per heavy atom. The summed E-state index contributed by atoms with van der Waals surface area (Å²) in [5.74, 6) is 0.483. The van der Waals surface area contributed by atoms with Crippen molar-refractivity contribution in [1.82, 2.24) is 9.55 Å². The highest BCUT2D eigenvalue weighted by molar-refractivity contribution is 8.00. The fourth-order valence-electron chi connectivity index (χ4n) is 2.41. The minimum atomic E-state index is -3.32. The molecule has 2 aromatic carbocycles. The fraction of sp³-hybridized carbons (Fsp3) is 0.167. The Hall–Kier alpha value is -1.76. The molecule has 7 heteroatoms. The highest BCUT2D eigenvalue weighted by Gasteiger charge is 2.15. The van der Waals surface area contributed by atoms with Crippen LogP contribution in [0, 0.1) is 0 Å². The van der Waals surface area contributed by atoms with Gasteiger partial charge >= 0.3 is 0 Å². The summed E-state index contributed by atoms with van der Waals surface area (Å²) < 4.78 is 26.7. The number of imidazole rings is 1. The number of thioether (sulfide) groups is 1. The molecule has 0 unspecified atom stereocenters. The van der Waals surface area contributed by atoms with Crippen LogP contribution < -0.4 is 0 Å². The second-order valence-corrected chi connectivity index (χ2v) is 9.08. The van der Waals surface area contributed by atoms with Gasteiger partial charge in [0.2, 0.25) is 0 Å². The van der Waals surface area contributed by atoms with Crippen LogP contribution >= 0.6 is 23.4 Å². The number of benzene rings is 2. The van der Waals surface area contributed by atoms with Crippen molar-refractivity contribution in [1.29, 1.82) is 0 Å². The molecule has 130 valence electrons. The highest BCUT2D eigenvalue weighted by atomic mass is 35.5. The Morgan fingerprint density at radius 1 is 1.08 bits per heavy atom. The summed E-state index contributed by atoms with van der Waals surface area (Å²) in [6.45, 7) is 0. The van der Waals surface area contributed by atoms with Crippen LogP contribution in [-0.4, -0.2) is 29.5 Å². The first-order valence-corrected chi connectivity index (χ1v) is 10.7. The first kappa shape index (κ1) is 18.0. The van der Waals surface area contributed by atoms with E-state index in [0.717, 1.165) is 16.4 Å². The number of aromatic nitrogens is 2. The lowest BCUT2D eigenvalue weighted by Crippen LogP contribution is -2.09. The van der Waals surface area contributed by atoms with Crippen LogP contribution in [0.1, 0.15) is 0 Å². The lowest BCUT2D eigenvalue weighted by Gasteiger charge is -2.07. The van der Waals surface area contributed by atoms with E-state index >= 15 is 0 Å². The van der Waals surface area contributed by atoms with E-state index in [2.05, 4.69) is 4.98 Å². The average molecular weight is 393 g/mol. The molecule has 0 saturated heterocycles. The Kier molecular flexibility index (Phi) is 5.51. The van der Waals surface area contributed by atoms with Crippen LogP contribution in [0.25, 0.3) is 11.3 Å². The zero-order valence-corrected chi connectivity index (χ0v) is 16.0. The molecule has 0 amide bonds. The maximum Gasteiger partial charge on any atom is 0.179 e. The predicted octanol–water partition coefficient (Wildman–Crippen LogP) is 4.31. The minimum absolute atomic E-state index is 0.0484. The summed E-state index contributed by atoms with van der Waals surface area (Å²) in [5.41, 5.74) is 2.08. The van der Waals surface area contributed by atoms with Crippen molar-refractivity contribution in [2.45, 2.75) is 10.1 Å². The summed E-state index contributed by atoms with van der Waals surface area (Å²) >= 11 is 7.24. The molecule has 0 saturated carbocycles. The zero-order valence-electron chi connectivity index (χ0n) is 13.6. The van der Waals surface area contributed by atoms with Crippen LogP contribution in [0.4, 0.5) is 0 Å². The standard InChI is InChI=1S/C18H17ClN2O2S2/c1-21-17(14-5-3-2-4-6-14)13-20-18(21)24-11-12-25(22,23)16-9-7-15(19)8-10-16/h2-10,13H,11-12H2,1H3. The molecular weight excluding hydrogens is 376 g/mol. The normalized spacial score (nSPS) is 11.6. The van der Waals surface area contributed by atoms with Crippen molar-refractivity contribution >= 4 is 33.2 Å². The predicted molar refractivity (Wildman–Crippen MR) is 103 cm³/mol. The van der Waals surface area contributed by atoms with Crippen molar-refractivity contribution in [3.63, 3.8) is 0 Å². The molecule has 0 aliphatic rings. The van der Waals surface area contributed by atoms with Crippen molar-refractivity contribution in [2.24, 2.45) is 7.05 Å². The molecule has 1 aromatic heterocycles. The fourth-order valence-corrected chi connectivity index (χ4v) is 5.13. The van der Waals surface area contributed by atoms with Gasteiger partial charge < -0.3 is 4.57 Å². The molecule has 4 nitrogen and oxygen atoms in total. The number of sulfone groups is 1. The number of hydrogen-bond acceptors (Lipinski definition) is 4. The highest BCUT2D eigenvalue weighted by Crippen LogP contribution is 2.25. The van der Waals surface area contributed by atoms with E-state index in [-0.39, 0.29) is 5.75 Å². The van der Waals surface area contributed by atoms with Crippen molar-refractivity contribution in [3.8, 4) is 11.3 Å². The third-order valence-corrected chi connectivity index (χ3v) is 7.06. The summed E-state index contributed by atoms with van der Waals surface area (Å²) in [6.07, 6.45) is 1.81. The maximum atomic E-state index is 12.4. The Morgan fingerprint density at radius 2 is 1.76 bits per heavy atom. The van der Waals surface area contributed by atoms with Crippen LogP contribution in [0.15, 0.2) is 70.8 Å². The molecule has 3 rings (SSSR count). The van der Waals surface area contributed by atoms with Gasteiger partial charge in [0.1, 0.15) is 0 Å². The second-order valence-electron chi connectivity index (χ2n) is 5.47. The van der Waals surface area contributed by atoms with Gasteiger partial charge in [-0.3, -0.25) is 0 Å². The van der Waals surface area contributed by atoms with Gasteiger partial charge in [-0.15, -0.1) is 0 Å². The van der Waals surface area contributed by atoms with Gasteiger partial charge in [0, 0.05) is 17.8 Å². The maximum absolute atomic E-state index is 12.4. The van der Waals surface area contributed by atoms with Crippen molar-refractivity contribution in [2.75, 3.05) is 11.5 Å². The topological polar surface area (TPSA) is 52.0 Å². The van der Waals surface area contributed by atoms with Gasteiger partial charge in [0.25, 0.3) is 0 Å². The summed E-state index contributed by atoms with van der Waals surface area (Å²) in [4.78, 5) is 4.70. The molecule has 0 bridgehead atoms. The van der Waals surface area contributed by atoms with Crippen LogP contribution in [-0.2, 0) is 16.9 Å². The van der Waals surface area contributed by atoms with Crippen LogP contribution in [0.2, 0.25) is 5.02 Å². The summed E-state index contributed by atoms with van der Waals surface area (Å²) in [7, 11) is -1.39. The zero-order chi connectivity index (χ0) is 17.9. The van der Waals surface area contributed by atoms with Gasteiger partial charge in [-0.1, -0.05) is 53.7 Å². The van der Waals surface area contributed by atoms with E-state index in [1.807, 2.05) is 48.1 Å². The third kappa shape index (κ3) is 4.26. The van der Waals surface area contributed by atoms with Crippen molar-refractivity contribution in [3.05, 3.63) is 65.8 Å². The summed E-state index contributed by atoms with van der Waals surface area (Å²) in [6, 6.07) is 16.2. The van der Waals surface area contributed by atoms with Gasteiger partial charge in [-0.05, 0) is 29.8 Å². The molecule has 0 aliphatic heterocycles. The lowest BCUT2D eigenvalue weighted by molar-refractivity contribution is 0.597. The van der Waals surface area contributed by atoms with E-state index in [1.54, 1.807) is 12.1 Å². The third-order valence-electron chi connectivity index (χ3n) is 3.77. The van der Waals surface area contributed by atoms with Crippen LogP contribution in [0.5, 0.6) is 0 Å². The van der Waals surface area contributed by atoms with Gasteiger partial charge in [-0.25, -0.2) is 13.4 Å².